The molecule has 1 aliphatic rings. The van der Waals surface area contributed by atoms with Crippen LogP contribution in [0, 0.1) is 6.92 Å². The zero-order valence-corrected chi connectivity index (χ0v) is 13.6. The summed E-state index contributed by atoms with van der Waals surface area (Å²) in [5.74, 6) is 0. The fraction of sp³-hybridized carbons (Fsp3) is 0.471. The second kappa shape index (κ2) is 6.69. The predicted molar refractivity (Wildman–Crippen MR) is 89.8 cm³/mol. The number of nitrogens with zero attached hydrogens (tertiary/aromatic N) is 2. The summed E-state index contributed by atoms with van der Waals surface area (Å²) < 4.78 is 0. The number of piperazine rings is 1. The summed E-state index contributed by atoms with van der Waals surface area (Å²) in [6, 6.07) is 9.11. The second-order valence-corrected chi connectivity index (χ2v) is 6.54. The fourth-order valence-electron chi connectivity index (χ4n) is 2.88. The minimum absolute atomic E-state index is 0.469. The Balaban J connectivity index is 1.80. The van der Waals surface area contributed by atoms with E-state index in [1.165, 1.54) is 16.1 Å². The maximum Gasteiger partial charge on any atom is 0.110 e. The molecule has 21 heavy (non-hydrogen) atoms. The third kappa shape index (κ3) is 3.34. The normalized spacial score (nSPS) is 17.8. The van der Waals surface area contributed by atoms with Crippen LogP contribution in [0.4, 0.5) is 0 Å². The third-order valence-corrected chi connectivity index (χ3v) is 5.08. The zero-order chi connectivity index (χ0) is 14.7. The van der Waals surface area contributed by atoms with Gasteiger partial charge in [0.05, 0.1) is 11.7 Å². The summed E-state index contributed by atoms with van der Waals surface area (Å²) in [6.45, 7) is 8.81. The Bertz CT molecular complexity index is 570. The highest BCUT2D eigenvalue weighted by atomic mass is 32.1. The Morgan fingerprint density at radius 2 is 1.95 bits per heavy atom. The lowest BCUT2D eigenvalue weighted by Crippen LogP contribution is -2.45. The van der Waals surface area contributed by atoms with E-state index in [-0.39, 0.29) is 0 Å². The van der Waals surface area contributed by atoms with Crippen LogP contribution < -0.4 is 5.32 Å². The van der Waals surface area contributed by atoms with E-state index in [9.17, 15) is 0 Å². The molecule has 1 atom stereocenters. The van der Waals surface area contributed by atoms with Crippen LogP contribution in [-0.4, -0.2) is 36.1 Å². The van der Waals surface area contributed by atoms with Crippen molar-refractivity contribution in [3.05, 3.63) is 40.2 Å². The van der Waals surface area contributed by atoms with Crippen LogP contribution in [0.2, 0.25) is 0 Å². The molecule has 2 aromatic rings. The van der Waals surface area contributed by atoms with Crippen LogP contribution >= 0.6 is 11.3 Å². The molecule has 2 heterocycles. The van der Waals surface area contributed by atoms with Crippen LogP contribution in [0.1, 0.15) is 30.0 Å². The monoisotopic (exact) mass is 301 g/mol. The van der Waals surface area contributed by atoms with E-state index in [0.29, 0.717) is 6.04 Å². The minimum Gasteiger partial charge on any atom is -0.314 e. The molecule has 1 N–H and O–H groups in total. The highest BCUT2D eigenvalue weighted by Gasteiger charge is 2.23. The van der Waals surface area contributed by atoms with Gasteiger partial charge in [0.15, 0.2) is 0 Å². The molecule has 1 fully saturated rings. The van der Waals surface area contributed by atoms with Crippen molar-refractivity contribution in [1.82, 2.24) is 15.2 Å². The third-order valence-electron chi connectivity index (χ3n) is 4.13. The van der Waals surface area contributed by atoms with Gasteiger partial charge in [0.2, 0.25) is 0 Å². The number of aryl methyl sites for hydroxylation is 1. The van der Waals surface area contributed by atoms with Crippen molar-refractivity contribution in [3.63, 3.8) is 0 Å². The van der Waals surface area contributed by atoms with Gasteiger partial charge >= 0.3 is 0 Å². The maximum absolute atomic E-state index is 4.91. The summed E-state index contributed by atoms with van der Waals surface area (Å²) in [7, 11) is 0. The van der Waals surface area contributed by atoms with Crippen molar-refractivity contribution in [3.8, 4) is 11.3 Å². The standard InChI is InChI=1S/C17H23N3S/c1-3-16(20-10-8-18-9-11-20)17-19-15(12-21-17)14-6-4-13(2)5-7-14/h4-7,12,16,18H,3,8-11H2,1-2H3. The van der Waals surface area contributed by atoms with Gasteiger partial charge in [-0.2, -0.15) is 0 Å². The van der Waals surface area contributed by atoms with Crippen molar-refractivity contribution >= 4 is 11.3 Å². The first kappa shape index (κ1) is 14.7. The van der Waals surface area contributed by atoms with E-state index in [0.717, 1.165) is 38.3 Å². The number of thiazole rings is 1. The smallest absolute Gasteiger partial charge is 0.110 e. The highest BCUT2D eigenvalue weighted by molar-refractivity contribution is 7.10. The van der Waals surface area contributed by atoms with Crippen LogP contribution in [0.25, 0.3) is 11.3 Å². The molecule has 0 spiro atoms. The quantitative estimate of drug-likeness (QED) is 0.937. The van der Waals surface area contributed by atoms with Crippen molar-refractivity contribution in [2.45, 2.75) is 26.3 Å². The van der Waals surface area contributed by atoms with Crippen LogP contribution in [0.15, 0.2) is 29.6 Å². The van der Waals surface area contributed by atoms with Crippen LogP contribution in [0.3, 0.4) is 0 Å². The molecular weight excluding hydrogens is 278 g/mol. The topological polar surface area (TPSA) is 28.2 Å². The molecule has 0 aliphatic carbocycles. The van der Waals surface area contributed by atoms with Gasteiger partial charge in [-0.1, -0.05) is 36.8 Å². The average molecular weight is 301 g/mol. The number of nitrogens with one attached hydrogen (secondary N) is 1. The maximum atomic E-state index is 4.91. The summed E-state index contributed by atoms with van der Waals surface area (Å²) >= 11 is 1.80. The van der Waals surface area contributed by atoms with E-state index in [4.69, 9.17) is 4.98 Å². The van der Waals surface area contributed by atoms with Gasteiger partial charge in [0, 0.05) is 37.1 Å². The molecule has 1 unspecified atom stereocenters. The molecule has 4 heteroatoms. The van der Waals surface area contributed by atoms with Crippen molar-refractivity contribution in [2.75, 3.05) is 26.2 Å². The van der Waals surface area contributed by atoms with Gasteiger partial charge in [0.25, 0.3) is 0 Å². The summed E-state index contributed by atoms with van der Waals surface area (Å²) in [5.41, 5.74) is 3.63. The molecule has 1 aliphatic heterocycles. The van der Waals surface area contributed by atoms with Gasteiger partial charge in [-0.05, 0) is 13.3 Å². The molecule has 3 nitrogen and oxygen atoms in total. The van der Waals surface area contributed by atoms with E-state index < -0.39 is 0 Å². The molecule has 112 valence electrons. The van der Waals surface area contributed by atoms with Gasteiger partial charge in [-0.15, -0.1) is 11.3 Å². The fourth-order valence-corrected chi connectivity index (χ4v) is 3.93. The number of hydrogen-bond acceptors (Lipinski definition) is 4. The molecule has 0 saturated carbocycles. The van der Waals surface area contributed by atoms with E-state index in [1.807, 2.05) is 0 Å². The minimum atomic E-state index is 0.469. The average Bonchev–Trinajstić information content (AvgIpc) is 2.99. The molecule has 1 aromatic heterocycles. The molecule has 1 aromatic carbocycles. The lowest BCUT2D eigenvalue weighted by Gasteiger charge is -2.33. The largest absolute Gasteiger partial charge is 0.314 e. The van der Waals surface area contributed by atoms with E-state index in [1.54, 1.807) is 11.3 Å². The van der Waals surface area contributed by atoms with Crippen molar-refractivity contribution in [1.29, 1.82) is 0 Å². The first-order valence-corrected chi connectivity index (χ1v) is 8.63. The zero-order valence-electron chi connectivity index (χ0n) is 12.8. The van der Waals surface area contributed by atoms with Gasteiger partial charge in [-0.3, -0.25) is 4.90 Å². The number of benzene rings is 1. The van der Waals surface area contributed by atoms with Crippen molar-refractivity contribution in [2.24, 2.45) is 0 Å². The molecule has 0 amide bonds. The summed E-state index contributed by atoms with van der Waals surface area (Å²) in [6.07, 6.45) is 1.13. The molecule has 0 radical (unpaired) electrons. The Morgan fingerprint density at radius 1 is 1.24 bits per heavy atom. The molecule has 1 saturated heterocycles. The van der Waals surface area contributed by atoms with E-state index >= 15 is 0 Å². The van der Waals surface area contributed by atoms with Crippen LogP contribution in [0.5, 0.6) is 0 Å². The Labute approximate surface area is 131 Å². The predicted octanol–water partition coefficient (Wildman–Crippen LogP) is 3.47. The van der Waals surface area contributed by atoms with Gasteiger partial charge < -0.3 is 5.32 Å². The molecule has 3 rings (SSSR count). The number of aromatic nitrogens is 1. The lowest BCUT2D eigenvalue weighted by atomic mass is 10.1. The van der Waals surface area contributed by atoms with Crippen LogP contribution in [-0.2, 0) is 0 Å². The van der Waals surface area contributed by atoms with Crippen molar-refractivity contribution < 1.29 is 0 Å². The highest BCUT2D eigenvalue weighted by Crippen LogP contribution is 2.30. The first-order chi connectivity index (χ1) is 10.3. The van der Waals surface area contributed by atoms with Gasteiger partial charge in [-0.25, -0.2) is 4.98 Å². The SMILES string of the molecule is CCC(c1nc(-c2ccc(C)cc2)cs1)N1CCNCC1. The Hall–Kier alpha value is -1.23. The first-order valence-electron chi connectivity index (χ1n) is 7.75. The second-order valence-electron chi connectivity index (χ2n) is 5.65. The van der Waals surface area contributed by atoms with Gasteiger partial charge in [0.1, 0.15) is 5.01 Å². The number of rotatable bonds is 4. The molecular formula is C17H23N3S. The number of hydrogen-bond donors (Lipinski definition) is 1. The lowest BCUT2D eigenvalue weighted by molar-refractivity contribution is 0.169. The van der Waals surface area contributed by atoms with E-state index in [2.05, 4.69) is 53.7 Å². The molecule has 0 bridgehead atoms. The summed E-state index contributed by atoms with van der Waals surface area (Å²) in [4.78, 5) is 7.48. The summed E-state index contributed by atoms with van der Waals surface area (Å²) in [5, 5.41) is 6.88. The Kier molecular flexibility index (Phi) is 4.68. The Morgan fingerprint density at radius 3 is 2.62 bits per heavy atom.